The number of nitro benzene ring substituents is 1. The zero-order valence-corrected chi connectivity index (χ0v) is 23.2. The molecule has 0 spiro atoms. The van der Waals surface area contributed by atoms with E-state index in [-0.39, 0.29) is 29.4 Å². The number of nitro groups is 1. The third-order valence-corrected chi connectivity index (χ3v) is 6.58. The number of azo groups is 1. The Morgan fingerprint density at radius 2 is 1.76 bits per heavy atom. The quantitative estimate of drug-likeness (QED) is 0.111. The Morgan fingerprint density at radius 3 is 2.38 bits per heavy atom. The van der Waals surface area contributed by atoms with Crippen molar-refractivity contribution in [1.82, 2.24) is 0 Å². The van der Waals surface area contributed by atoms with Crippen LogP contribution < -0.4 is 4.90 Å². The van der Waals surface area contributed by atoms with Gasteiger partial charge in [-0.3, -0.25) is 19.7 Å². The fraction of sp³-hybridized carbons (Fsp3) is 0.462. The van der Waals surface area contributed by atoms with E-state index >= 15 is 0 Å². The number of hydrogen-bond donors (Lipinski definition) is 4. The second-order valence-corrected chi connectivity index (χ2v) is 9.50. The van der Waals surface area contributed by atoms with Gasteiger partial charge in [-0.25, -0.2) is 0 Å². The van der Waals surface area contributed by atoms with Crippen LogP contribution in [0.4, 0.5) is 22.7 Å². The number of carbonyl (C=O) groups excluding carboxylic acids is 2. The lowest BCUT2D eigenvalue weighted by molar-refractivity contribution is -0.384. The Balaban J connectivity index is 1.44. The monoisotopic (exact) mass is 610 g/mol. The molecule has 228 valence electrons. The number of nitrogens with zero attached hydrogens (tertiary/aromatic N) is 4. The van der Waals surface area contributed by atoms with Crippen LogP contribution in [0.5, 0.6) is 0 Å². The number of hydrogen-bond acceptors (Lipinski definition) is 14. The summed E-state index contributed by atoms with van der Waals surface area (Å²) in [5.41, 5.74) is 1.47. The summed E-state index contributed by atoms with van der Waals surface area (Å²) in [5, 5.41) is 57.9. The molecule has 15 nitrogen and oxygen atoms in total. The summed E-state index contributed by atoms with van der Waals surface area (Å²) in [6.07, 6.45) is -8.58. The van der Waals surface area contributed by atoms with E-state index < -0.39 is 60.6 Å². The summed E-state index contributed by atoms with van der Waals surface area (Å²) < 4.78 is 15.0. The van der Waals surface area contributed by atoms with Gasteiger partial charge in [0, 0.05) is 24.4 Å². The lowest BCUT2D eigenvalue weighted by Crippen LogP contribution is -2.59. The van der Waals surface area contributed by atoms with Crippen LogP contribution in [0, 0.1) is 10.1 Å². The molecular formula is C26H31ClN4O11. The fourth-order valence-electron chi connectivity index (χ4n) is 3.97. The average Bonchev–Trinajstić information content (AvgIpc) is 2.98. The molecule has 42 heavy (non-hydrogen) atoms. The van der Waals surface area contributed by atoms with Crippen molar-refractivity contribution in [2.24, 2.45) is 10.2 Å². The van der Waals surface area contributed by atoms with E-state index in [0.717, 1.165) is 5.69 Å². The predicted octanol–water partition coefficient (Wildman–Crippen LogP) is 2.16. The molecule has 0 saturated carbocycles. The minimum atomic E-state index is -1.77. The van der Waals surface area contributed by atoms with Crippen LogP contribution in [-0.4, -0.2) is 94.3 Å². The number of aliphatic hydroxyl groups is 4. The molecule has 1 saturated heterocycles. The van der Waals surface area contributed by atoms with Gasteiger partial charge in [0.05, 0.1) is 41.6 Å². The molecule has 1 fully saturated rings. The number of rotatable bonds is 13. The van der Waals surface area contributed by atoms with Crippen molar-refractivity contribution in [1.29, 1.82) is 0 Å². The first-order chi connectivity index (χ1) is 20.0. The van der Waals surface area contributed by atoms with Gasteiger partial charge in [0.1, 0.15) is 30.6 Å². The molecule has 2 aromatic carbocycles. The summed E-state index contributed by atoms with van der Waals surface area (Å²) in [5.74, 6) is -1.57. The molecule has 0 aliphatic carbocycles. The Hall–Kier alpha value is -3.73. The number of aliphatic hydroxyl groups excluding tert-OH is 4. The van der Waals surface area contributed by atoms with Gasteiger partial charge >= 0.3 is 11.9 Å². The maximum absolute atomic E-state index is 12.1. The summed E-state index contributed by atoms with van der Waals surface area (Å²) in [6.45, 7) is 2.23. The van der Waals surface area contributed by atoms with Crippen LogP contribution >= 0.6 is 11.6 Å². The van der Waals surface area contributed by atoms with E-state index in [9.17, 15) is 40.1 Å². The number of carbonyl (C=O) groups is 2. The molecule has 5 atom stereocenters. The highest BCUT2D eigenvalue weighted by molar-refractivity contribution is 6.33. The molecule has 1 aliphatic rings. The Labute approximate surface area is 245 Å². The van der Waals surface area contributed by atoms with E-state index in [1.165, 1.54) is 18.2 Å². The smallest absolute Gasteiger partial charge is 0.306 e. The maximum atomic E-state index is 12.1. The second kappa shape index (κ2) is 15.5. The summed E-state index contributed by atoms with van der Waals surface area (Å²) in [7, 11) is 0. The number of anilines is 1. The fourth-order valence-corrected chi connectivity index (χ4v) is 4.18. The molecule has 0 amide bonds. The van der Waals surface area contributed by atoms with Crippen LogP contribution in [0.3, 0.4) is 0 Å². The summed E-state index contributed by atoms with van der Waals surface area (Å²) in [6, 6.07) is 10.9. The first kappa shape index (κ1) is 32.8. The van der Waals surface area contributed by atoms with Crippen molar-refractivity contribution < 1.29 is 49.1 Å². The van der Waals surface area contributed by atoms with Crippen molar-refractivity contribution in [2.45, 2.75) is 50.5 Å². The highest BCUT2D eigenvalue weighted by atomic mass is 35.5. The third-order valence-electron chi connectivity index (χ3n) is 6.28. The predicted molar refractivity (Wildman–Crippen MR) is 147 cm³/mol. The normalized spacial score (nSPS) is 22.1. The van der Waals surface area contributed by atoms with Crippen molar-refractivity contribution in [3.05, 3.63) is 57.6 Å². The lowest BCUT2D eigenvalue weighted by atomic mass is 9.99. The van der Waals surface area contributed by atoms with Crippen LogP contribution in [0.25, 0.3) is 0 Å². The van der Waals surface area contributed by atoms with Crippen molar-refractivity contribution in [3.63, 3.8) is 0 Å². The largest absolute Gasteiger partial charge is 0.464 e. The Morgan fingerprint density at radius 1 is 1.07 bits per heavy atom. The van der Waals surface area contributed by atoms with E-state index in [2.05, 4.69) is 10.2 Å². The van der Waals surface area contributed by atoms with Crippen molar-refractivity contribution in [2.75, 3.05) is 31.2 Å². The standard InChI is InChI=1S/C26H31ClN4O11/c1-2-30(16-5-3-15(4-6-16)28-29-19-8-7-17(31(38)39)13-18(19)27)11-12-40-21(33)9-10-22(34)42-25-23(35)20(14-32)41-26(37)24(25)36/h3-8,13,20,23-26,32,35-37H,2,9-12,14H2,1H3/t20-,23-,24-,25+,26?/m1/s1. The third kappa shape index (κ3) is 8.88. The van der Waals surface area contributed by atoms with Gasteiger partial charge in [0.2, 0.25) is 0 Å². The number of halogens is 1. The summed E-state index contributed by atoms with van der Waals surface area (Å²) >= 11 is 6.03. The first-order valence-corrected chi connectivity index (χ1v) is 13.3. The number of likely N-dealkylation sites (N-methyl/N-ethyl adjacent to an activating group) is 1. The summed E-state index contributed by atoms with van der Waals surface area (Å²) in [4.78, 5) is 36.5. The van der Waals surface area contributed by atoms with Crippen molar-refractivity contribution >= 4 is 46.3 Å². The van der Waals surface area contributed by atoms with E-state index in [1.807, 2.05) is 11.8 Å². The van der Waals surface area contributed by atoms with Crippen LogP contribution in [0.1, 0.15) is 19.8 Å². The van der Waals surface area contributed by atoms with E-state index in [1.54, 1.807) is 24.3 Å². The molecule has 0 aromatic heterocycles. The first-order valence-electron chi connectivity index (χ1n) is 12.9. The molecule has 3 rings (SSSR count). The zero-order chi connectivity index (χ0) is 30.8. The lowest BCUT2D eigenvalue weighted by Gasteiger charge is -2.39. The Bertz CT molecular complexity index is 1260. The number of non-ortho nitro benzene ring substituents is 1. The van der Waals surface area contributed by atoms with Crippen LogP contribution in [-0.2, 0) is 23.8 Å². The molecule has 2 aromatic rings. The van der Waals surface area contributed by atoms with Gasteiger partial charge in [-0.15, -0.1) is 5.11 Å². The molecule has 1 aliphatic heterocycles. The maximum Gasteiger partial charge on any atom is 0.306 e. The van der Waals surface area contributed by atoms with E-state index in [4.69, 9.17) is 25.8 Å². The molecule has 16 heteroatoms. The minimum absolute atomic E-state index is 0.0313. The van der Waals surface area contributed by atoms with Crippen LogP contribution in [0.15, 0.2) is 52.7 Å². The highest BCUT2D eigenvalue weighted by Crippen LogP contribution is 2.31. The second-order valence-electron chi connectivity index (χ2n) is 9.09. The Kier molecular flexibility index (Phi) is 12.1. The topological polar surface area (TPSA) is 214 Å². The molecule has 1 unspecified atom stereocenters. The van der Waals surface area contributed by atoms with Gasteiger partial charge in [-0.05, 0) is 37.3 Å². The molecule has 4 N–H and O–H groups in total. The average molecular weight is 611 g/mol. The molecular weight excluding hydrogens is 580 g/mol. The van der Waals surface area contributed by atoms with E-state index in [0.29, 0.717) is 18.8 Å². The molecule has 1 heterocycles. The SMILES string of the molecule is CCN(CCOC(=O)CCC(=O)O[C@H]1[C@H](O)[C@@H](CO)OC(O)[C@@H]1O)c1ccc(N=Nc2ccc([N+](=O)[O-])cc2Cl)cc1. The number of ether oxygens (including phenoxy) is 3. The van der Waals surface area contributed by atoms with Gasteiger partial charge in [0.25, 0.3) is 5.69 Å². The zero-order valence-electron chi connectivity index (χ0n) is 22.5. The minimum Gasteiger partial charge on any atom is -0.464 e. The van der Waals surface area contributed by atoms with Crippen molar-refractivity contribution in [3.8, 4) is 0 Å². The number of benzene rings is 2. The molecule has 0 radical (unpaired) electrons. The van der Waals surface area contributed by atoms with Gasteiger partial charge in [-0.2, -0.15) is 5.11 Å². The van der Waals surface area contributed by atoms with Gasteiger partial charge in [0.15, 0.2) is 12.4 Å². The van der Waals surface area contributed by atoms with Crippen LogP contribution in [0.2, 0.25) is 5.02 Å². The van der Waals surface area contributed by atoms with Gasteiger partial charge in [-0.1, -0.05) is 11.6 Å². The highest BCUT2D eigenvalue weighted by Gasteiger charge is 2.46. The number of esters is 2. The molecule has 0 bridgehead atoms. The van der Waals surface area contributed by atoms with Gasteiger partial charge < -0.3 is 39.5 Å².